The van der Waals surface area contributed by atoms with E-state index in [1.165, 1.54) is 0 Å². The number of carbonyl (C=O) groups is 2. The van der Waals surface area contributed by atoms with Crippen LogP contribution in [0.4, 0.5) is 10.5 Å². The van der Waals surface area contributed by atoms with Gasteiger partial charge in [0.05, 0.1) is 6.04 Å². The molecule has 1 atom stereocenters. The van der Waals surface area contributed by atoms with Gasteiger partial charge in [-0.05, 0) is 36.8 Å². The SMILES string of the molecule is Cc1ccc(NC(=O)OC[C@H](NC(=O)c2cccc(C(=N)N)c2)c2ccccc2)cc1. The summed E-state index contributed by atoms with van der Waals surface area (Å²) in [5, 5.41) is 13.1. The van der Waals surface area contributed by atoms with Gasteiger partial charge in [0, 0.05) is 16.8 Å². The highest BCUT2D eigenvalue weighted by atomic mass is 16.5. The minimum Gasteiger partial charge on any atom is -0.447 e. The smallest absolute Gasteiger partial charge is 0.411 e. The molecule has 0 fully saturated rings. The molecule has 5 N–H and O–H groups in total. The molecule has 7 heteroatoms. The Morgan fingerprint density at radius 3 is 2.32 bits per heavy atom. The average Bonchev–Trinajstić information content (AvgIpc) is 2.78. The van der Waals surface area contributed by atoms with Gasteiger partial charge in [-0.3, -0.25) is 15.5 Å². The van der Waals surface area contributed by atoms with E-state index in [1.807, 2.05) is 49.4 Å². The zero-order chi connectivity index (χ0) is 22.2. The number of nitrogens with one attached hydrogen (secondary N) is 3. The van der Waals surface area contributed by atoms with Crippen molar-refractivity contribution in [3.05, 3.63) is 101 Å². The number of amides is 2. The lowest BCUT2D eigenvalue weighted by molar-refractivity contribution is 0.0901. The van der Waals surface area contributed by atoms with Gasteiger partial charge in [-0.2, -0.15) is 0 Å². The Balaban J connectivity index is 1.69. The third-order valence-corrected chi connectivity index (χ3v) is 4.62. The Hall–Kier alpha value is -4.13. The second-order valence-corrected chi connectivity index (χ2v) is 7.02. The van der Waals surface area contributed by atoms with Crippen molar-refractivity contribution < 1.29 is 14.3 Å². The van der Waals surface area contributed by atoms with Gasteiger partial charge in [-0.25, -0.2) is 4.79 Å². The Bertz CT molecular complexity index is 1070. The second-order valence-electron chi connectivity index (χ2n) is 7.02. The van der Waals surface area contributed by atoms with E-state index >= 15 is 0 Å². The van der Waals surface area contributed by atoms with Crippen LogP contribution in [0.2, 0.25) is 0 Å². The number of aryl methyl sites for hydroxylation is 1. The van der Waals surface area contributed by atoms with E-state index in [4.69, 9.17) is 15.9 Å². The summed E-state index contributed by atoms with van der Waals surface area (Å²) < 4.78 is 5.37. The summed E-state index contributed by atoms with van der Waals surface area (Å²) in [4.78, 5) is 25.0. The van der Waals surface area contributed by atoms with Crippen LogP contribution in [0.3, 0.4) is 0 Å². The molecule has 0 radical (unpaired) electrons. The summed E-state index contributed by atoms with van der Waals surface area (Å²) in [6, 6.07) is 22.5. The first kappa shape index (κ1) is 21.6. The Kier molecular flexibility index (Phi) is 7.01. The summed E-state index contributed by atoms with van der Waals surface area (Å²) in [7, 11) is 0. The largest absolute Gasteiger partial charge is 0.447 e. The standard InChI is InChI=1S/C24H24N4O3/c1-16-10-12-20(13-11-16)27-24(30)31-15-21(17-6-3-2-4-7-17)28-23(29)19-9-5-8-18(14-19)22(25)26/h2-14,21H,15H2,1H3,(H3,25,26)(H,27,30)(H,28,29)/t21-/m0/s1. The fourth-order valence-corrected chi connectivity index (χ4v) is 2.93. The van der Waals surface area contributed by atoms with Crippen LogP contribution in [0.5, 0.6) is 0 Å². The molecule has 0 heterocycles. The minimum absolute atomic E-state index is 0.0557. The molecule has 0 aromatic heterocycles. The normalized spacial score (nSPS) is 11.3. The van der Waals surface area contributed by atoms with Gasteiger partial charge in [-0.15, -0.1) is 0 Å². The highest BCUT2D eigenvalue weighted by Gasteiger charge is 2.18. The van der Waals surface area contributed by atoms with E-state index in [0.717, 1.165) is 11.1 Å². The number of anilines is 1. The molecular formula is C24H24N4O3. The predicted octanol–water partition coefficient (Wildman–Crippen LogP) is 4.00. The average molecular weight is 416 g/mol. The summed E-state index contributed by atoms with van der Waals surface area (Å²) in [6.45, 7) is 1.90. The number of nitrogens with two attached hydrogens (primary N) is 1. The van der Waals surface area contributed by atoms with Crippen LogP contribution in [0.1, 0.15) is 33.1 Å². The van der Waals surface area contributed by atoms with Crippen molar-refractivity contribution in [2.24, 2.45) is 5.73 Å². The van der Waals surface area contributed by atoms with Crippen LogP contribution < -0.4 is 16.4 Å². The lowest BCUT2D eigenvalue weighted by atomic mass is 10.1. The molecule has 3 aromatic carbocycles. The molecule has 7 nitrogen and oxygen atoms in total. The topological polar surface area (TPSA) is 117 Å². The zero-order valence-corrected chi connectivity index (χ0v) is 17.1. The molecule has 0 aliphatic carbocycles. The van der Waals surface area contributed by atoms with Crippen LogP contribution in [-0.4, -0.2) is 24.4 Å². The van der Waals surface area contributed by atoms with E-state index in [2.05, 4.69) is 10.6 Å². The highest BCUT2D eigenvalue weighted by Crippen LogP contribution is 2.16. The Morgan fingerprint density at radius 1 is 0.968 bits per heavy atom. The zero-order valence-electron chi connectivity index (χ0n) is 17.1. The molecule has 3 aromatic rings. The molecule has 3 rings (SSSR count). The maximum absolute atomic E-state index is 12.8. The number of hydrogen-bond donors (Lipinski definition) is 4. The lowest BCUT2D eigenvalue weighted by Crippen LogP contribution is -2.33. The summed E-state index contributed by atoms with van der Waals surface area (Å²) in [5.74, 6) is -0.482. The minimum atomic E-state index is -0.613. The van der Waals surface area contributed by atoms with Gasteiger partial charge in [0.25, 0.3) is 5.91 Å². The van der Waals surface area contributed by atoms with Gasteiger partial charge in [0.1, 0.15) is 12.4 Å². The van der Waals surface area contributed by atoms with Crippen LogP contribution in [0.15, 0.2) is 78.9 Å². The van der Waals surface area contributed by atoms with Gasteiger partial charge in [-0.1, -0.05) is 60.2 Å². The summed E-state index contributed by atoms with van der Waals surface area (Å²) in [5.41, 5.74) is 8.83. The van der Waals surface area contributed by atoms with Crippen molar-refractivity contribution in [2.45, 2.75) is 13.0 Å². The molecule has 0 spiro atoms. The highest BCUT2D eigenvalue weighted by molar-refractivity contribution is 6.00. The second kappa shape index (κ2) is 10.1. The fraction of sp³-hybridized carbons (Fsp3) is 0.125. The number of amidine groups is 1. The molecule has 0 saturated carbocycles. The maximum atomic E-state index is 12.8. The molecule has 0 saturated heterocycles. The van der Waals surface area contributed by atoms with E-state index in [0.29, 0.717) is 16.8 Å². The third kappa shape index (κ3) is 6.17. The predicted molar refractivity (Wildman–Crippen MR) is 120 cm³/mol. The van der Waals surface area contributed by atoms with Gasteiger partial charge < -0.3 is 15.8 Å². The quantitative estimate of drug-likeness (QED) is 0.344. The van der Waals surface area contributed by atoms with Crippen LogP contribution in [0.25, 0.3) is 0 Å². The molecule has 2 amide bonds. The third-order valence-electron chi connectivity index (χ3n) is 4.62. The number of hydrogen-bond acceptors (Lipinski definition) is 4. The molecule has 0 aliphatic rings. The first-order chi connectivity index (χ1) is 14.9. The van der Waals surface area contributed by atoms with Crippen molar-refractivity contribution in [1.82, 2.24) is 5.32 Å². The van der Waals surface area contributed by atoms with Crippen LogP contribution in [-0.2, 0) is 4.74 Å². The van der Waals surface area contributed by atoms with Gasteiger partial charge in [0.15, 0.2) is 0 Å². The first-order valence-corrected chi connectivity index (χ1v) is 9.73. The van der Waals surface area contributed by atoms with Crippen molar-refractivity contribution >= 4 is 23.5 Å². The molecule has 0 bridgehead atoms. The lowest BCUT2D eigenvalue weighted by Gasteiger charge is -2.20. The van der Waals surface area contributed by atoms with E-state index in [-0.39, 0.29) is 18.3 Å². The molecule has 31 heavy (non-hydrogen) atoms. The van der Waals surface area contributed by atoms with Crippen molar-refractivity contribution in [1.29, 1.82) is 5.41 Å². The number of ether oxygens (including phenoxy) is 1. The van der Waals surface area contributed by atoms with E-state index in [9.17, 15) is 9.59 Å². The monoisotopic (exact) mass is 416 g/mol. The summed E-state index contributed by atoms with van der Waals surface area (Å²) in [6.07, 6.45) is -0.613. The van der Waals surface area contributed by atoms with Gasteiger partial charge in [0.2, 0.25) is 0 Å². The Labute approximate surface area is 180 Å². The maximum Gasteiger partial charge on any atom is 0.411 e. The van der Waals surface area contributed by atoms with Crippen LogP contribution >= 0.6 is 0 Å². The van der Waals surface area contributed by atoms with Crippen molar-refractivity contribution in [2.75, 3.05) is 11.9 Å². The van der Waals surface area contributed by atoms with E-state index in [1.54, 1.807) is 36.4 Å². The first-order valence-electron chi connectivity index (χ1n) is 9.73. The Morgan fingerprint density at radius 2 is 1.65 bits per heavy atom. The van der Waals surface area contributed by atoms with Crippen molar-refractivity contribution in [3.8, 4) is 0 Å². The fourth-order valence-electron chi connectivity index (χ4n) is 2.93. The number of benzene rings is 3. The van der Waals surface area contributed by atoms with Crippen molar-refractivity contribution in [3.63, 3.8) is 0 Å². The van der Waals surface area contributed by atoms with Gasteiger partial charge >= 0.3 is 6.09 Å². The molecule has 0 aliphatic heterocycles. The number of nitrogen functional groups attached to an aromatic ring is 1. The number of carbonyl (C=O) groups excluding carboxylic acids is 2. The van der Waals surface area contributed by atoms with Crippen LogP contribution in [0, 0.1) is 12.3 Å². The summed E-state index contributed by atoms with van der Waals surface area (Å²) >= 11 is 0. The molecular weight excluding hydrogens is 392 g/mol. The molecule has 158 valence electrons. The van der Waals surface area contributed by atoms with E-state index < -0.39 is 12.1 Å². The number of rotatable bonds is 7. The molecule has 0 unspecified atom stereocenters.